The fraction of sp³-hybridized carbons (Fsp3) is 0.190. The lowest BCUT2D eigenvalue weighted by atomic mass is 9.82. The van der Waals surface area contributed by atoms with Gasteiger partial charge < -0.3 is 0 Å². The minimum absolute atomic E-state index is 0.0499. The summed E-state index contributed by atoms with van der Waals surface area (Å²) in [6, 6.07) is 23.3. The summed E-state index contributed by atoms with van der Waals surface area (Å²) in [5, 5.41) is 11.8. The van der Waals surface area contributed by atoms with E-state index in [-0.39, 0.29) is 5.41 Å². The van der Waals surface area contributed by atoms with Gasteiger partial charge in [0, 0.05) is 0 Å². The van der Waals surface area contributed by atoms with Gasteiger partial charge in [-0.2, -0.15) is 5.26 Å². The minimum atomic E-state index is -0.0499. The molecule has 0 spiro atoms. The van der Waals surface area contributed by atoms with Gasteiger partial charge in [-0.05, 0) is 45.0 Å². The van der Waals surface area contributed by atoms with E-state index in [1.54, 1.807) is 0 Å². The second-order valence-corrected chi connectivity index (χ2v) is 6.65. The highest BCUT2D eigenvalue weighted by atomic mass is 14.3. The zero-order valence-electron chi connectivity index (χ0n) is 13.2. The molecule has 0 fully saturated rings. The first kappa shape index (κ1) is 14.4. The average Bonchev–Trinajstić information content (AvgIpc) is 2.53. The summed E-state index contributed by atoms with van der Waals surface area (Å²) in [6.07, 6.45) is 0. The summed E-state index contributed by atoms with van der Waals surface area (Å²) < 4.78 is 0. The molecule has 0 saturated carbocycles. The molecule has 0 atom stereocenters. The van der Waals surface area contributed by atoms with Crippen molar-refractivity contribution >= 4 is 10.8 Å². The van der Waals surface area contributed by atoms with Gasteiger partial charge in [0.05, 0.1) is 11.6 Å². The van der Waals surface area contributed by atoms with Gasteiger partial charge in [-0.1, -0.05) is 69.3 Å². The lowest BCUT2D eigenvalue weighted by Crippen LogP contribution is -2.13. The Kier molecular flexibility index (Phi) is 3.47. The summed E-state index contributed by atoms with van der Waals surface area (Å²) >= 11 is 0. The number of nitrogens with zero attached hydrogens (tertiary/aromatic N) is 1. The molecule has 1 heteroatoms. The molecule has 22 heavy (non-hydrogen) atoms. The molecule has 0 aliphatic carbocycles. The second kappa shape index (κ2) is 5.31. The average molecular weight is 285 g/mol. The lowest BCUT2D eigenvalue weighted by molar-refractivity contribution is 0.589. The van der Waals surface area contributed by atoms with Crippen LogP contribution in [-0.4, -0.2) is 0 Å². The Morgan fingerprint density at radius 3 is 2.32 bits per heavy atom. The predicted molar refractivity (Wildman–Crippen MR) is 92.8 cm³/mol. The molecule has 0 radical (unpaired) electrons. The molecule has 3 rings (SSSR count). The first-order chi connectivity index (χ1) is 10.5. The Hall–Kier alpha value is -2.59. The Morgan fingerprint density at radius 2 is 1.59 bits per heavy atom. The molecule has 0 aromatic heterocycles. The quantitative estimate of drug-likeness (QED) is 0.564. The molecular formula is C21H19N. The molecule has 0 N–H and O–H groups in total. The first-order valence-electron chi connectivity index (χ1n) is 7.53. The number of hydrogen-bond donors (Lipinski definition) is 0. The number of hydrogen-bond acceptors (Lipinski definition) is 1. The largest absolute Gasteiger partial charge is 0.192 e. The van der Waals surface area contributed by atoms with Crippen LogP contribution in [0.3, 0.4) is 0 Å². The van der Waals surface area contributed by atoms with Crippen LogP contribution in [0.4, 0.5) is 0 Å². The monoisotopic (exact) mass is 285 g/mol. The lowest BCUT2D eigenvalue weighted by Gasteiger charge is -2.21. The molecule has 0 saturated heterocycles. The third-order valence-electron chi connectivity index (χ3n) is 4.05. The van der Waals surface area contributed by atoms with Crippen LogP contribution in [0, 0.1) is 11.3 Å². The van der Waals surface area contributed by atoms with Gasteiger partial charge in [0.25, 0.3) is 0 Å². The minimum Gasteiger partial charge on any atom is -0.192 e. The van der Waals surface area contributed by atoms with Gasteiger partial charge in [0.2, 0.25) is 0 Å². The van der Waals surface area contributed by atoms with Crippen molar-refractivity contribution in [2.24, 2.45) is 0 Å². The highest BCUT2D eigenvalue weighted by Crippen LogP contribution is 2.33. The van der Waals surface area contributed by atoms with E-state index < -0.39 is 0 Å². The molecule has 3 aromatic rings. The first-order valence-corrected chi connectivity index (χ1v) is 7.53. The summed E-state index contributed by atoms with van der Waals surface area (Å²) in [6.45, 7) is 6.45. The Labute approximate surface area is 131 Å². The van der Waals surface area contributed by atoms with Crippen LogP contribution in [0.5, 0.6) is 0 Å². The maximum absolute atomic E-state index is 9.36. The van der Waals surface area contributed by atoms with Crippen molar-refractivity contribution in [2.75, 3.05) is 0 Å². The van der Waals surface area contributed by atoms with Crippen molar-refractivity contribution in [3.05, 3.63) is 71.8 Å². The van der Waals surface area contributed by atoms with Gasteiger partial charge >= 0.3 is 0 Å². The molecule has 3 aromatic carbocycles. The molecule has 0 aliphatic rings. The maximum Gasteiger partial charge on any atom is 0.0994 e. The molecule has 0 amide bonds. The highest BCUT2D eigenvalue weighted by Gasteiger charge is 2.19. The van der Waals surface area contributed by atoms with Crippen LogP contribution >= 0.6 is 0 Å². The standard InChI is InChI=1S/C21H19N/c1-21(2,3)20-13-16(11-12-17(20)14-22)19-10-6-8-15-7-4-5-9-18(15)19/h4-13H,1-3H3. The number of rotatable bonds is 1. The van der Waals surface area contributed by atoms with E-state index in [4.69, 9.17) is 0 Å². The molecule has 1 nitrogen and oxygen atoms in total. The van der Waals surface area contributed by atoms with Gasteiger partial charge in [0.1, 0.15) is 0 Å². The van der Waals surface area contributed by atoms with E-state index in [1.165, 1.54) is 21.9 Å². The van der Waals surface area contributed by atoms with E-state index in [0.29, 0.717) is 0 Å². The van der Waals surface area contributed by atoms with Crippen LogP contribution in [0.1, 0.15) is 31.9 Å². The normalized spacial score (nSPS) is 11.4. The van der Waals surface area contributed by atoms with Crippen LogP contribution in [0.2, 0.25) is 0 Å². The smallest absolute Gasteiger partial charge is 0.0994 e. The van der Waals surface area contributed by atoms with Crippen molar-refractivity contribution in [3.8, 4) is 17.2 Å². The van der Waals surface area contributed by atoms with Crippen molar-refractivity contribution < 1.29 is 0 Å². The van der Waals surface area contributed by atoms with E-state index in [9.17, 15) is 5.26 Å². The number of fused-ring (bicyclic) bond motifs is 1. The fourth-order valence-corrected chi connectivity index (χ4v) is 2.91. The SMILES string of the molecule is CC(C)(C)c1cc(-c2cccc3ccccc23)ccc1C#N. The maximum atomic E-state index is 9.36. The predicted octanol–water partition coefficient (Wildman–Crippen LogP) is 5.68. The number of benzene rings is 3. The van der Waals surface area contributed by atoms with E-state index in [1.807, 2.05) is 6.07 Å². The summed E-state index contributed by atoms with van der Waals surface area (Å²) in [5.74, 6) is 0. The van der Waals surface area contributed by atoms with Gasteiger partial charge in [-0.3, -0.25) is 0 Å². The molecule has 0 unspecified atom stereocenters. The van der Waals surface area contributed by atoms with Gasteiger partial charge in [-0.25, -0.2) is 0 Å². The third kappa shape index (κ3) is 2.49. The highest BCUT2D eigenvalue weighted by molar-refractivity contribution is 5.96. The van der Waals surface area contributed by atoms with Crippen LogP contribution in [0.15, 0.2) is 60.7 Å². The summed E-state index contributed by atoms with van der Waals surface area (Å²) in [7, 11) is 0. The third-order valence-corrected chi connectivity index (χ3v) is 4.05. The molecular weight excluding hydrogens is 266 g/mol. The van der Waals surface area contributed by atoms with Crippen LogP contribution in [0.25, 0.3) is 21.9 Å². The molecule has 0 aliphatic heterocycles. The van der Waals surface area contributed by atoms with E-state index in [0.717, 1.165) is 11.1 Å². The Bertz CT molecular complexity index is 871. The van der Waals surface area contributed by atoms with E-state index in [2.05, 4.69) is 81.4 Å². The van der Waals surface area contributed by atoms with Crippen molar-refractivity contribution in [2.45, 2.75) is 26.2 Å². The second-order valence-electron chi connectivity index (χ2n) is 6.65. The molecule has 0 heterocycles. The Morgan fingerprint density at radius 1 is 0.864 bits per heavy atom. The summed E-state index contributed by atoms with van der Waals surface area (Å²) in [4.78, 5) is 0. The van der Waals surface area contributed by atoms with Gasteiger partial charge in [0.15, 0.2) is 0 Å². The van der Waals surface area contributed by atoms with Crippen LogP contribution < -0.4 is 0 Å². The van der Waals surface area contributed by atoms with Crippen molar-refractivity contribution in [1.82, 2.24) is 0 Å². The fourth-order valence-electron chi connectivity index (χ4n) is 2.91. The molecule has 108 valence electrons. The zero-order valence-corrected chi connectivity index (χ0v) is 13.2. The van der Waals surface area contributed by atoms with Crippen molar-refractivity contribution in [3.63, 3.8) is 0 Å². The van der Waals surface area contributed by atoms with Crippen LogP contribution in [-0.2, 0) is 5.41 Å². The molecule has 0 bridgehead atoms. The van der Waals surface area contributed by atoms with E-state index >= 15 is 0 Å². The number of nitriles is 1. The summed E-state index contributed by atoms with van der Waals surface area (Å²) in [5.41, 5.74) is 4.19. The van der Waals surface area contributed by atoms with Crippen molar-refractivity contribution in [1.29, 1.82) is 5.26 Å². The zero-order chi connectivity index (χ0) is 15.7. The van der Waals surface area contributed by atoms with Gasteiger partial charge in [-0.15, -0.1) is 0 Å². The Balaban J connectivity index is 2.26. The topological polar surface area (TPSA) is 23.8 Å².